The van der Waals surface area contributed by atoms with E-state index in [1.165, 1.54) is 12.1 Å². The second-order valence-electron chi connectivity index (χ2n) is 6.89. The molecule has 0 aliphatic carbocycles. The van der Waals surface area contributed by atoms with Crippen LogP contribution < -0.4 is 15.4 Å². The van der Waals surface area contributed by atoms with Crippen LogP contribution in [0.3, 0.4) is 0 Å². The van der Waals surface area contributed by atoms with Crippen LogP contribution in [0.5, 0.6) is 0 Å². The molecule has 7 nitrogen and oxygen atoms in total. The van der Waals surface area contributed by atoms with Gasteiger partial charge in [-0.1, -0.05) is 17.7 Å². The van der Waals surface area contributed by atoms with Gasteiger partial charge in [0.1, 0.15) is 5.82 Å². The molecule has 0 unspecified atom stereocenters. The molecule has 0 radical (unpaired) electrons. The number of guanidine groups is 1. The first-order valence-electron chi connectivity index (χ1n) is 9.65. The maximum Gasteiger partial charge on any atom is 0.240 e. The van der Waals surface area contributed by atoms with Crippen LogP contribution in [-0.4, -0.2) is 46.0 Å². The molecule has 0 bridgehead atoms. The Labute approximate surface area is 199 Å². The van der Waals surface area contributed by atoms with Crippen molar-refractivity contribution in [2.24, 2.45) is 4.99 Å². The first kappa shape index (κ1) is 25.1. The molecule has 0 atom stereocenters. The van der Waals surface area contributed by atoms with Crippen molar-refractivity contribution in [3.63, 3.8) is 0 Å². The summed E-state index contributed by atoms with van der Waals surface area (Å²) in [5.41, 5.74) is 2.86. The maximum absolute atomic E-state index is 13.3. The van der Waals surface area contributed by atoms with Gasteiger partial charge in [-0.3, -0.25) is 4.99 Å². The zero-order chi connectivity index (χ0) is 21.6. The van der Waals surface area contributed by atoms with Crippen molar-refractivity contribution in [3.8, 4) is 0 Å². The number of nitrogens with one attached hydrogen (secondary N) is 4. The molecular formula is C21H27FIN5O2S. The second-order valence-corrected chi connectivity index (χ2v) is 8.66. The number of sulfonamides is 1. The SMILES string of the molecule is CN=C(NCCNS(=O)(=O)c1ccc(C)cc1)NCCc1c[nH]c2cc(F)ccc12.I. The largest absolute Gasteiger partial charge is 0.361 e. The highest BCUT2D eigenvalue weighted by Crippen LogP contribution is 2.19. The van der Waals surface area contributed by atoms with Crippen LogP contribution in [0, 0.1) is 12.7 Å². The average molecular weight is 559 g/mol. The molecule has 168 valence electrons. The monoisotopic (exact) mass is 559 g/mol. The number of aryl methyl sites for hydroxylation is 1. The van der Waals surface area contributed by atoms with Crippen molar-refractivity contribution in [2.45, 2.75) is 18.2 Å². The van der Waals surface area contributed by atoms with Gasteiger partial charge in [0, 0.05) is 43.8 Å². The summed E-state index contributed by atoms with van der Waals surface area (Å²) in [5.74, 6) is 0.312. The van der Waals surface area contributed by atoms with Gasteiger partial charge in [-0.2, -0.15) is 0 Å². The Balaban J connectivity index is 0.00000341. The minimum absolute atomic E-state index is 0. The Hall–Kier alpha value is -2.18. The smallest absolute Gasteiger partial charge is 0.240 e. The quantitative estimate of drug-likeness (QED) is 0.148. The fourth-order valence-electron chi connectivity index (χ4n) is 3.07. The minimum Gasteiger partial charge on any atom is -0.361 e. The van der Waals surface area contributed by atoms with E-state index < -0.39 is 10.0 Å². The van der Waals surface area contributed by atoms with Gasteiger partial charge < -0.3 is 15.6 Å². The van der Waals surface area contributed by atoms with Crippen LogP contribution in [0.25, 0.3) is 10.9 Å². The molecule has 31 heavy (non-hydrogen) atoms. The lowest BCUT2D eigenvalue weighted by Crippen LogP contribution is -2.42. The van der Waals surface area contributed by atoms with Crippen LogP contribution >= 0.6 is 24.0 Å². The molecule has 4 N–H and O–H groups in total. The van der Waals surface area contributed by atoms with Gasteiger partial charge in [-0.15, -0.1) is 24.0 Å². The fourth-order valence-corrected chi connectivity index (χ4v) is 4.10. The van der Waals surface area contributed by atoms with Gasteiger partial charge in [0.15, 0.2) is 5.96 Å². The van der Waals surface area contributed by atoms with Crippen molar-refractivity contribution in [1.29, 1.82) is 0 Å². The lowest BCUT2D eigenvalue weighted by Gasteiger charge is -2.12. The number of aromatic nitrogens is 1. The van der Waals surface area contributed by atoms with Crippen molar-refractivity contribution in [3.05, 3.63) is 65.6 Å². The fraction of sp³-hybridized carbons (Fsp3) is 0.286. The Morgan fingerprint density at radius 1 is 1.06 bits per heavy atom. The average Bonchev–Trinajstić information content (AvgIpc) is 3.12. The lowest BCUT2D eigenvalue weighted by molar-refractivity contribution is 0.580. The Morgan fingerprint density at radius 3 is 2.48 bits per heavy atom. The summed E-state index contributed by atoms with van der Waals surface area (Å²) < 4.78 is 40.4. The third-order valence-corrected chi connectivity index (χ3v) is 6.16. The van der Waals surface area contributed by atoms with Crippen molar-refractivity contribution >= 4 is 50.9 Å². The van der Waals surface area contributed by atoms with E-state index in [-0.39, 0.29) is 41.2 Å². The molecule has 0 aliphatic heterocycles. The van der Waals surface area contributed by atoms with Crippen LogP contribution in [0.15, 0.2) is 58.5 Å². The van der Waals surface area contributed by atoms with Gasteiger partial charge in [-0.25, -0.2) is 17.5 Å². The number of aromatic amines is 1. The van der Waals surface area contributed by atoms with Crippen LogP contribution in [0.1, 0.15) is 11.1 Å². The zero-order valence-electron chi connectivity index (χ0n) is 17.4. The summed E-state index contributed by atoms with van der Waals surface area (Å²) in [7, 11) is -1.88. The van der Waals surface area contributed by atoms with E-state index in [0.29, 0.717) is 19.0 Å². The highest BCUT2D eigenvalue weighted by molar-refractivity contribution is 14.0. The number of aliphatic imine (C=N–C) groups is 1. The van der Waals surface area contributed by atoms with Gasteiger partial charge in [0.25, 0.3) is 0 Å². The number of rotatable bonds is 8. The predicted octanol–water partition coefficient (Wildman–Crippen LogP) is 2.92. The van der Waals surface area contributed by atoms with Crippen molar-refractivity contribution in [2.75, 3.05) is 26.7 Å². The highest BCUT2D eigenvalue weighted by Gasteiger charge is 2.12. The van der Waals surface area contributed by atoms with Gasteiger partial charge >= 0.3 is 0 Å². The van der Waals surface area contributed by atoms with Crippen LogP contribution in [-0.2, 0) is 16.4 Å². The summed E-state index contributed by atoms with van der Waals surface area (Å²) in [6, 6.07) is 11.4. The lowest BCUT2D eigenvalue weighted by atomic mass is 10.1. The number of fused-ring (bicyclic) bond motifs is 1. The third kappa shape index (κ3) is 6.91. The normalized spacial score (nSPS) is 11.9. The van der Waals surface area contributed by atoms with E-state index in [1.807, 2.05) is 13.1 Å². The first-order valence-corrected chi connectivity index (χ1v) is 11.1. The Morgan fingerprint density at radius 2 is 1.77 bits per heavy atom. The molecule has 3 aromatic rings. The zero-order valence-corrected chi connectivity index (χ0v) is 20.6. The molecule has 0 spiro atoms. The van der Waals surface area contributed by atoms with Crippen molar-refractivity contribution in [1.82, 2.24) is 20.3 Å². The number of nitrogens with zero attached hydrogens (tertiary/aromatic N) is 1. The number of benzene rings is 2. The van der Waals surface area contributed by atoms with E-state index in [4.69, 9.17) is 0 Å². The molecule has 2 aromatic carbocycles. The molecular weight excluding hydrogens is 532 g/mol. The minimum atomic E-state index is -3.53. The topological polar surface area (TPSA) is 98.4 Å². The summed E-state index contributed by atoms with van der Waals surface area (Å²) in [4.78, 5) is 7.46. The first-order chi connectivity index (χ1) is 14.4. The second kappa shape index (κ2) is 11.4. The van der Waals surface area contributed by atoms with Crippen LogP contribution in [0.4, 0.5) is 4.39 Å². The number of hydrogen-bond donors (Lipinski definition) is 4. The number of hydrogen-bond acceptors (Lipinski definition) is 3. The van der Waals surface area contributed by atoms with E-state index in [1.54, 1.807) is 37.4 Å². The van der Waals surface area contributed by atoms with Crippen molar-refractivity contribution < 1.29 is 12.8 Å². The van der Waals surface area contributed by atoms with Crippen LogP contribution in [0.2, 0.25) is 0 Å². The van der Waals surface area contributed by atoms with E-state index >= 15 is 0 Å². The molecule has 3 rings (SSSR count). The third-order valence-electron chi connectivity index (χ3n) is 4.68. The molecule has 0 aliphatic rings. The number of H-pyrrole nitrogens is 1. The highest BCUT2D eigenvalue weighted by atomic mass is 127. The molecule has 0 amide bonds. The summed E-state index contributed by atoms with van der Waals surface area (Å²) in [5, 5.41) is 7.27. The van der Waals surface area contributed by atoms with Gasteiger partial charge in [-0.05, 0) is 49.2 Å². The predicted molar refractivity (Wildman–Crippen MR) is 133 cm³/mol. The molecule has 0 saturated carbocycles. The Kier molecular flexibility index (Phi) is 9.26. The molecule has 0 saturated heterocycles. The summed E-state index contributed by atoms with van der Waals surface area (Å²) in [6.45, 7) is 3.14. The van der Waals surface area contributed by atoms with E-state index in [9.17, 15) is 12.8 Å². The standard InChI is InChI=1S/C21H26FN5O2S.HI/c1-15-3-6-18(7-4-15)30(28,29)27-12-11-25-21(23-2)24-10-9-16-14-26-20-13-17(22)5-8-19(16)20;/h3-8,13-14,26-27H,9-12H2,1-2H3,(H2,23,24,25);1H. The van der Waals surface area contributed by atoms with E-state index in [0.717, 1.165) is 28.5 Å². The molecule has 1 aromatic heterocycles. The summed E-state index contributed by atoms with van der Waals surface area (Å²) >= 11 is 0. The molecule has 1 heterocycles. The Bertz CT molecular complexity index is 1130. The van der Waals surface area contributed by atoms with Gasteiger partial charge in [0.05, 0.1) is 4.90 Å². The molecule has 0 fully saturated rings. The van der Waals surface area contributed by atoms with E-state index in [2.05, 4.69) is 25.3 Å². The van der Waals surface area contributed by atoms with Gasteiger partial charge in [0.2, 0.25) is 10.0 Å². The molecule has 10 heteroatoms. The maximum atomic E-state index is 13.3. The summed E-state index contributed by atoms with van der Waals surface area (Å²) in [6.07, 6.45) is 2.61. The number of halogens is 2.